The van der Waals surface area contributed by atoms with E-state index in [-0.39, 0.29) is 0 Å². The Kier molecular flexibility index (Phi) is 3.01. The van der Waals surface area contributed by atoms with E-state index < -0.39 is 0 Å². The summed E-state index contributed by atoms with van der Waals surface area (Å²) >= 11 is 0. The van der Waals surface area contributed by atoms with Crippen molar-refractivity contribution in [3.05, 3.63) is 11.9 Å². The second-order valence-corrected chi connectivity index (χ2v) is 3.68. The quantitative estimate of drug-likeness (QED) is 0.575. The summed E-state index contributed by atoms with van der Waals surface area (Å²) < 4.78 is 5.69. The number of nitrogens with two attached hydrogens (primary N) is 1. The van der Waals surface area contributed by atoms with Crippen LogP contribution >= 0.6 is 0 Å². The van der Waals surface area contributed by atoms with Crippen LogP contribution in [0.1, 0.15) is 32.0 Å². The Morgan fingerprint density at radius 1 is 1.53 bits per heavy atom. The molecule has 2 rings (SSSR count). The Morgan fingerprint density at radius 2 is 2.33 bits per heavy atom. The lowest BCUT2D eigenvalue weighted by atomic mass is 9.96. The van der Waals surface area contributed by atoms with E-state index >= 15 is 0 Å². The highest BCUT2D eigenvalue weighted by molar-refractivity contribution is 5.37. The molecule has 0 saturated heterocycles. The summed E-state index contributed by atoms with van der Waals surface area (Å²) in [7, 11) is 0. The minimum absolute atomic E-state index is 0.329. The van der Waals surface area contributed by atoms with Gasteiger partial charge in [-0.05, 0) is 19.3 Å². The van der Waals surface area contributed by atoms with Crippen LogP contribution in [0.3, 0.4) is 0 Å². The van der Waals surface area contributed by atoms with E-state index in [9.17, 15) is 0 Å². The first-order chi connectivity index (χ1) is 7.31. The van der Waals surface area contributed by atoms with Gasteiger partial charge in [-0.1, -0.05) is 6.92 Å². The molecule has 0 aliphatic heterocycles. The number of hydrazine groups is 1. The van der Waals surface area contributed by atoms with Gasteiger partial charge in [-0.25, -0.2) is 10.8 Å². The molecule has 1 saturated carbocycles. The summed E-state index contributed by atoms with van der Waals surface area (Å²) in [5.41, 5.74) is 2.52. The molecule has 0 bridgehead atoms. The summed E-state index contributed by atoms with van der Waals surface area (Å²) in [6.07, 6.45) is 4.60. The zero-order valence-corrected chi connectivity index (χ0v) is 8.86. The van der Waals surface area contributed by atoms with Gasteiger partial charge in [0, 0.05) is 12.5 Å². The average Bonchev–Trinajstić information content (AvgIpc) is 2.23. The molecule has 0 atom stereocenters. The first kappa shape index (κ1) is 10.2. The SMILES string of the molecule is CCc1nc(NN)cc(OC2CCC2)n1. The molecule has 1 aromatic rings. The number of anilines is 1. The molecule has 82 valence electrons. The van der Waals surface area contributed by atoms with Crippen LogP contribution in [-0.4, -0.2) is 16.1 Å². The molecule has 0 radical (unpaired) electrons. The Balaban J connectivity index is 2.13. The molecule has 15 heavy (non-hydrogen) atoms. The predicted molar refractivity (Wildman–Crippen MR) is 57.5 cm³/mol. The van der Waals surface area contributed by atoms with E-state index in [1.807, 2.05) is 6.92 Å². The Morgan fingerprint density at radius 3 is 2.87 bits per heavy atom. The van der Waals surface area contributed by atoms with Crippen molar-refractivity contribution < 1.29 is 4.74 Å². The lowest BCUT2D eigenvalue weighted by Gasteiger charge is -2.25. The lowest BCUT2D eigenvalue weighted by molar-refractivity contribution is 0.114. The smallest absolute Gasteiger partial charge is 0.219 e. The molecule has 1 heterocycles. The summed E-state index contributed by atoms with van der Waals surface area (Å²) in [6.45, 7) is 2.00. The van der Waals surface area contributed by atoms with Gasteiger partial charge in [-0.3, -0.25) is 0 Å². The predicted octanol–water partition coefficient (Wildman–Crippen LogP) is 1.26. The van der Waals surface area contributed by atoms with E-state index in [1.165, 1.54) is 6.42 Å². The standard InChI is InChI=1S/C10H16N4O/c1-2-8-12-9(14-11)6-10(13-8)15-7-4-3-5-7/h6-7H,2-5,11H2,1H3,(H,12,13,14). The molecule has 5 heteroatoms. The highest BCUT2D eigenvalue weighted by atomic mass is 16.5. The fourth-order valence-corrected chi connectivity index (χ4v) is 1.42. The molecule has 0 amide bonds. The molecule has 0 aromatic carbocycles. The van der Waals surface area contributed by atoms with Crippen LogP contribution in [0.5, 0.6) is 5.88 Å². The minimum atomic E-state index is 0.329. The Hall–Kier alpha value is -1.36. The first-order valence-electron chi connectivity index (χ1n) is 5.33. The first-order valence-corrected chi connectivity index (χ1v) is 5.33. The van der Waals surface area contributed by atoms with Crippen LogP contribution in [-0.2, 0) is 6.42 Å². The molecule has 3 N–H and O–H groups in total. The van der Waals surface area contributed by atoms with Crippen LogP contribution in [0.25, 0.3) is 0 Å². The van der Waals surface area contributed by atoms with Crippen LogP contribution in [0, 0.1) is 0 Å². The number of rotatable bonds is 4. The highest BCUT2D eigenvalue weighted by Gasteiger charge is 2.20. The van der Waals surface area contributed by atoms with Gasteiger partial charge in [0.1, 0.15) is 17.7 Å². The van der Waals surface area contributed by atoms with Crippen molar-refractivity contribution >= 4 is 5.82 Å². The molecule has 0 unspecified atom stereocenters. The van der Waals surface area contributed by atoms with Gasteiger partial charge in [-0.2, -0.15) is 4.98 Å². The second kappa shape index (κ2) is 4.44. The number of hydrogen-bond acceptors (Lipinski definition) is 5. The zero-order chi connectivity index (χ0) is 10.7. The molecular weight excluding hydrogens is 192 g/mol. The number of ether oxygens (including phenoxy) is 1. The maximum Gasteiger partial charge on any atom is 0.219 e. The van der Waals surface area contributed by atoms with Crippen molar-refractivity contribution in [1.82, 2.24) is 9.97 Å². The number of hydrogen-bond donors (Lipinski definition) is 2. The van der Waals surface area contributed by atoms with Gasteiger partial charge in [0.05, 0.1) is 0 Å². The van der Waals surface area contributed by atoms with Crippen molar-refractivity contribution in [2.24, 2.45) is 5.84 Å². The number of aryl methyl sites for hydroxylation is 1. The zero-order valence-electron chi connectivity index (χ0n) is 8.86. The van der Waals surface area contributed by atoms with Gasteiger partial charge >= 0.3 is 0 Å². The van der Waals surface area contributed by atoms with E-state index in [0.29, 0.717) is 17.8 Å². The van der Waals surface area contributed by atoms with E-state index in [1.54, 1.807) is 6.07 Å². The number of nitrogen functional groups attached to an aromatic ring is 1. The van der Waals surface area contributed by atoms with Gasteiger partial charge < -0.3 is 10.2 Å². The van der Waals surface area contributed by atoms with Crippen molar-refractivity contribution in [3.63, 3.8) is 0 Å². The minimum Gasteiger partial charge on any atom is -0.474 e. The van der Waals surface area contributed by atoms with Crippen molar-refractivity contribution in [1.29, 1.82) is 0 Å². The number of nitrogens with zero attached hydrogens (tertiary/aromatic N) is 2. The third-order valence-electron chi connectivity index (χ3n) is 2.55. The molecule has 1 fully saturated rings. The van der Waals surface area contributed by atoms with Crippen molar-refractivity contribution in [2.45, 2.75) is 38.7 Å². The Bertz CT molecular complexity index is 316. The fraction of sp³-hybridized carbons (Fsp3) is 0.600. The summed E-state index contributed by atoms with van der Waals surface area (Å²) in [4.78, 5) is 8.49. The lowest BCUT2D eigenvalue weighted by Crippen LogP contribution is -2.25. The van der Waals surface area contributed by atoms with Crippen molar-refractivity contribution in [2.75, 3.05) is 5.43 Å². The van der Waals surface area contributed by atoms with Crippen LogP contribution in [0.15, 0.2) is 6.07 Å². The van der Waals surface area contributed by atoms with Crippen molar-refractivity contribution in [3.8, 4) is 5.88 Å². The third kappa shape index (κ3) is 2.36. The normalized spacial score (nSPS) is 15.9. The topological polar surface area (TPSA) is 73.1 Å². The molecule has 1 aliphatic carbocycles. The van der Waals surface area contributed by atoms with Gasteiger partial charge in [0.15, 0.2) is 0 Å². The van der Waals surface area contributed by atoms with Crippen LogP contribution in [0.2, 0.25) is 0 Å². The van der Waals surface area contributed by atoms with E-state index in [4.69, 9.17) is 10.6 Å². The fourth-order valence-electron chi connectivity index (χ4n) is 1.42. The average molecular weight is 208 g/mol. The molecule has 0 spiro atoms. The third-order valence-corrected chi connectivity index (χ3v) is 2.55. The summed E-state index contributed by atoms with van der Waals surface area (Å²) in [6, 6.07) is 1.73. The van der Waals surface area contributed by atoms with Gasteiger partial charge in [0.2, 0.25) is 5.88 Å². The van der Waals surface area contributed by atoms with Gasteiger partial charge in [-0.15, -0.1) is 0 Å². The second-order valence-electron chi connectivity index (χ2n) is 3.68. The van der Waals surface area contributed by atoms with E-state index in [2.05, 4.69) is 15.4 Å². The van der Waals surface area contributed by atoms with Gasteiger partial charge in [0.25, 0.3) is 0 Å². The molecule has 1 aliphatic rings. The molecule has 1 aromatic heterocycles. The van der Waals surface area contributed by atoms with Crippen LogP contribution in [0.4, 0.5) is 5.82 Å². The van der Waals surface area contributed by atoms with E-state index in [0.717, 1.165) is 25.1 Å². The maximum atomic E-state index is 5.69. The largest absolute Gasteiger partial charge is 0.474 e. The molecule has 5 nitrogen and oxygen atoms in total. The monoisotopic (exact) mass is 208 g/mol. The van der Waals surface area contributed by atoms with Crippen LogP contribution < -0.4 is 16.0 Å². The number of nitrogens with one attached hydrogen (secondary N) is 1. The summed E-state index contributed by atoms with van der Waals surface area (Å²) in [5, 5.41) is 0. The number of aromatic nitrogens is 2. The maximum absolute atomic E-state index is 5.69. The summed E-state index contributed by atoms with van der Waals surface area (Å²) in [5.74, 6) is 7.31. The highest BCUT2D eigenvalue weighted by Crippen LogP contribution is 2.24. The Labute approximate surface area is 89.0 Å². The molecular formula is C10H16N4O.